The molecule has 1 aliphatic rings. The molecule has 0 radical (unpaired) electrons. The summed E-state index contributed by atoms with van der Waals surface area (Å²) in [5.41, 5.74) is 3.93. The Morgan fingerprint density at radius 1 is 0.886 bits per heavy atom. The number of carbonyl (C=O) groups is 2. The molecule has 1 atom stereocenters. The van der Waals surface area contributed by atoms with Crippen LogP contribution in [0, 0.1) is 0 Å². The molecule has 1 unspecified atom stereocenters. The Morgan fingerprint density at radius 2 is 1.43 bits per heavy atom. The van der Waals surface area contributed by atoms with Crippen molar-refractivity contribution in [1.82, 2.24) is 4.90 Å². The highest BCUT2D eigenvalue weighted by atomic mass is 16.5. The number of ether oxygens (including phenoxy) is 4. The number of aliphatic carboxylic acids is 2. The van der Waals surface area contributed by atoms with Gasteiger partial charge in [-0.1, -0.05) is 6.07 Å². The molecule has 190 valence electrons. The monoisotopic (exact) mass is 487 g/mol. The van der Waals surface area contributed by atoms with Crippen LogP contribution in [0.3, 0.4) is 0 Å². The lowest BCUT2D eigenvalue weighted by molar-refractivity contribution is -0.134. The minimum atomic E-state index is -1.26. The third kappa shape index (κ3) is 7.65. The van der Waals surface area contributed by atoms with Crippen LogP contribution >= 0.6 is 0 Å². The van der Waals surface area contributed by atoms with Crippen LogP contribution in [-0.2, 0) is 22.4 Å². The van der Waals surface area contributed by atoms with Gasteiger partial charge >= 0.3 is 11.9 Å². The minimum absolute atomic E-state index is 0.349. The van der Waals surface area contributed by atoms with Crippen molar-refractivity contribution in [2.75, 3.05) is 42.0 Å². The van der Waals surface area contributed by atoms with Crippen molar-refractivity contribution in [3.63, 3.8) is 0 Å². The van der Waals surface area contributed by atoms with Crippen LogP contribution in [0.1, 0.15) is 29.2 Å². The van der Waals surface area contributed by atoms with Crippen LogP contribution in [0.4, 0.5) is 0 Å². The third-order valence-electron chi connectivity index (χ3n) is 5.79. The molecule has 0 saturated carbocycles. The predicted octanol–water partition coefficient (Wildman–Crippen LogP) is 3.59. The Hall–Kier alpha value is -3.72. The maximum Gasteiger partial charge on any atom is 0.328 e. The molecule has 0 aromatic heterocycles. The van der Waals surface area contributed by atoms with Gasteiger partial charge in [0.15, 0.2) is 23.0 Å². The molecule has 9 nitrogen and oxygen atoms in total. The van der Waals surface area contributed by atoms with Gasteiger partial charge in [-0.05, 0) is 67.3 Å². The summed E-state index contributed by atoms with van der Waals surface area (Å²) in [5.74, 6) is 0.624. The summed E-state index contributed by atoms with van der Waals surface area (Å²) < 4.78 is 21.8. The van der Waals surface area contributed by atoms with E-state index in [0.717, 1.165) is 48.8 Å². The first-order chi connectivity index (χ1) is 16.7. The molecule has 2 aromatic rings. The number of hydrogen-bond donors (Lipinski definition) is 2. The van der Waals surface area contributed by atoms with E-state index in [4.69, 9.17) is 29.2 Å². The summed E-state index contributed by atoms with van der Waals surface area (Å²) >= 11 is 0. The van der Waals surface area contributed by atoms with E-state index < -0.39 is 11.9 Å². The molecule has 0 spiro atoms. The van der Waals surface area contributed by atoms with E-state index in [1.54, 1.807) is 28.4 Å². The third-order valence-corrected chi connectivity index (χ3v) is 5.79. The fraction of sp³-hybridized carbons (Fsp3) is 0.385. The van der Waals surface area contributed by atoms with E-state index in [1.165, 1.54) is 16.7 Å². The molecular formula is C26H33NO8. The predicted molar refractivity (Wildman–Crippen MR) is 131 cm³/mol. The molecule has 0 saturated heterocycles. The zero-order chi connectivity index (χ0) is 26.0. The highest BCUT2D eigenvalue weighted by Gasteiger charge is 2.26. The first-order valence-corrected chi connectivity index (χ1v) is 11.0. The number of carboxylic acid groups (broad SMARTS) is 2. The zero-order valence-electron chi connectivity index (χ0n) is 20.7. The first-order valence-electron chi connectivity index (χ1n) is 11.0. The standard InChI is InChI=1S/C22H29NO4.C4H4O4/c1-23-11-10-16-13-21(26-4)22(27-5)14-17(16)18(23)8-6-15-7-9-19(24-2)20(12-15)25-3;5-3(6)1-2-4(7)8/h7,9,12-14,18H,6,8,10-11H2,1-5H3;1-2H,(H,5,6)(H,7,8)/b;2-1+. The molecule has 0 fully saturated rings. The van der Waals surface area contributed by atoms with Crippen molar-refractivity contribution >= 4 is 11.9 Å². The number of benzene rings is 2. The number of hydrogen-bond acceptors (Lipinski definition) is 7. The van der Waals surface area contributed by atoms with Crippen molar-refractivity contribution in [3.05, 3.63) is 59.2 Å². The lowest BCUT2D eigenvalue weighted by atomic mass is 9.89. The molecule has 2 N–H and O–H groups in total. The van der Waals surface area contributed by atoms with Gasteiger partial charge < -0.3 is 29.2 Å². The van der Waals surface area contributed by atoms with Crippen molar-refractivity contribution in [3.8, 4) is 23.0 Å². The summed E-state index contributed by atoms with van der Waals surface area (Å²) in [5, 5.41) is 15.6. The van der Waals surface area contributed by atoms with Crippen molar-refractivity contribution < 1.29 is 38.7 Å². The minimum Gasteiger partial charge on any atom is -0.493 e. The number of carboxylic acids is 2. The van der Waals surface area contributed by atoms with Crippen molar-refractivity contribution in [1.29, 1.82) is 0 Å². The molecule has 2 aromatic carbocycles. The highest BCUT2D eigenvalue weighted by molar-refractivity contribution is 5.89. The van der Waals surface area contributed by atoms with Crippen molar-refractivity contribution in [2.24, 2.45) is 0 Å². The smallest absolute Gasteiger partial charge is 0.328 e. The Bertz CT molecular complexity index is 1030. The maximum atomic E-state index is 9.55. The Labute approximate surface area is 205 Å². The van der Waals surface area contributed by atoms with Crippen molar-refractivity contribution in [2.45, 2.75) is 25.3 Å². The average molecular weight is 488 g/mol. The SMILES string of the molecule is COc1ccc(CCC2c3cc(OC)c(OC)cc3CCN2C)cc1OC.O=C(O)/C=C/C(=O)O. The Morgan fingerprint density at radius 3 is 1.97 bits per heavy atom. The molecule has 0 bridgehead atoms. The number of rotatable bonds is 9. The largest absolute Gasteiger partial charge is 0.493 e. The topological polar surface area (TPSA) is 115 Å². The first kappa shape index (κ1) is 27.5. The van der Waals surface area contributed by atoms with Gasteiger partial charge in [-0.15, -0.1) is 0 Å². The number of nitrogens with zero attached hydrogens (tertiary/aromatic N) is 1. The summed E-state index contributed by atoms with van der Waals surface area (Å²) in [6.45, 7) is 1.04. The van der Waals surface area contributed by atoms with Gasteiger partial charge in [0, 0.05) is 24.7 Å². The van der Waals surface area contributed by atoms with Gasteiger partial charge in [0.2, 0.25) is 0 Å². The lowest BCUT2D eigenvalue weighted by Crippen LogP contribution is -2.32. The second-order valence-corrected chi connectivity index (χ2v) is 7.89. The van der Waals surface area contributed by atoms with E-state index in [2.05, 4.69) is 36.2 Å². The fourth-order valence-electron chi connectivity index (χ4n) is 4.01. The van der Waals surface area contributed by atoms with E-state index in [1.807, 2.05) is 6.07 Å². The van der Waals surface area contributed by atoms with Crippen LogP contribution in [0.2, 0.25) is 0 Å². The summed E-state index contributed by atoms with van der Waals surface area (Å²) in [6, 6.07) is 10.8. The quantitative estimate of drug-likeness (QED) is 0.512. The van der Waals surface area contributed by atoms with E-state index in [0.29, 0.717) is 18.2 Å². The van der Waals surface area contributed by atoms with Gasteiger partial charge in [-0.2, -0.15) is 0 Å². The summed E-state index contributed by atoms with van der Waals surface area (Å²) in [6.07, 6.45) is 4.13. The van der Waals surface area contributed by atoms with E-state index >= 15 is 0 Å². The van der Waals surface area contributed by atoms with Crippen LogP contribution in [0.5, 0.6) is 23.0 Å². The molecule has 1 heterocycles. The number of methoxy groups -OCH3 is 4. The number of aryl methyl sites for hydroxylation is 1. The highest BCUT2D eigenvalue weighted by Crippen LogP contribution is 2.39. The molecule has 35 heavy (non-hydrogen) atoms. The second-order valence-electron chi connectivity index (χ2n) is 7.89. The van der Waals surface area contributed by atoms with E-state index in [9.17, 15) is 9.59 Å². The van der Waals surface area contributed by atoms with E-state index in [-0.39, 0.29) is 0 Å². The zero-order valence-corrected chi connectivity index (χ0v) is 20.7. The van der Waals surface area contributed by atoms with Gasteiger partial charge in [-0.3, -0.25) is 4.90 Å². The molecule has 3 rings (SSSR count). The van der Waals surface area contributed by atoms with Gasteiger partial charge in [0.1, 0.15) is 0 Å². The second kappa shape index (κ2) is 13.2. The number of fused-ring (bicyclic) bond motifs is 1. The van der Waals surface area contributed by atoms with Crippen LogP contribution in [0.15, 0.2) is 42.5 Å². The van der Waals surface area contributed by atoms with Crippen LogP contribution in [0.25, 0.3) is 0 Å². The Kier molecular flexibility index (Phi) is 10.4. The summed E-state index contributed by atoms with van der Waals surface area (Å²) in [4.78, 5) is 21.5. The normalized spacial score (nSPS) is 14.9. The average Bonchev–Trinajstić information content (AvgIpc) is 2.86. The fourth-order valence-corrected chi connectivity index (χ4v) is 4.01. The van der Waals surface area contributed by atoms with Crippen LogP contribution in [-0.4, -0.2) is 69.1 Å². The lowest BCUT2D eigenvalue weighted by Gasteiger charge is -2.35. The summed E-state index contributed by atoms with van der Waals surface area (Å²) in [7, 11) is 8.90. The van der Waals surface area contributed by atoms with Crippen LogP contribution < -0.4 is 18.9 Å². The molecule has 1 aliphatic heterocycles. The van der Waals surface area contributed by atoms with Gasteiger partial charge in [-0.25, -0.2) is 9.59 Å². The molecule has 9 heteroatoms. The van der Waals surface area contributed by atoms with Gasteiger partial charge in [0.25, 0.3) is 0 Å². The maximum absolute atomic E-state index is 9.55. The van der Waals surface area contributed by atoms with Gasteiger partial charge in [0.05, 0.1) is 28.4 Å². The molecular weight excluding hydrogens is 454 g/mol. The molecule has 0 amide bonds. The Balaban J connectivity index is 0.000000466. The molecule has 0 aliphatic carbocycles. The number of likely N-dealkylation sites (N-methyl/N-ethyl adjacent to an activating group) is 1.